The van der Waals surface area contributed by atoms with Crippen molar-refractivity contribution in [2.45, 2.75) is 30.9 Å². The summed E-state index contributed by atoms with van der Waals surface area (Å²) in [5.74, 6) is 0. The molecule has 0 unspecified atom stereocenters. The largest absolute Gasteiger partial charge is 0.299 e. The number of nitrogens with zero attached hydrogens (tertiary/aromatic N) is 3. The second-order valence-corrected chi connectivity index (χ2v) is 8.33. The van der Waals surface area contributed by atoms with Gasteiger partial charge in [0.15, 0.2) is 0 Å². The third kappa shape index (κ3) is 3.25. The Labute approximate surface area is 158 Å². The maximum absolute atomic E-state index is 4.64. The third-order valence-electron chi connectivity index (χ3n) is 4.31. The first-order valence-electron chi connectivity index (χ1n) is 8.77. The topological polar surface area (TPSA) is 30.2 Å². The Morgan fingerprint density at radius 3 is 2.46 bits per heavy atom. The lowest BCUT2D eigenvalue weighted by atomic mass is 10.1. The smallest absolute Gasteiger partial charge is 0.140 e. The van der Waals surface area contributed by atoms with Crippen LogP contribution in [0.3, 0.4) is 0 Å². The molecule has 26 heavy (non-hydrogen) atoms. The molecule has 0 N–H and O–H groups in total. The van der Waals surface area contributed by atoms with E-state index in [1.54, 1.807) is 6.20 Å². The number of rotatable bonds is 4. The lowest BCUT2D eigenvalue weighted by Gasteiger charge is -2.09. The van der Waals surface area contributed by atoms with Crippen molar-refractivity contribution in [2.24, 2.45) is 0 Å². The molecule has 130 valence electrons. The van der Waals surface area contributed by atoms with Crippen molar-refractivity contribution in [3.05, 3.63) is 72.8 Å². The minimum atomic E-state index is 0.585. The second kappa shape index (κ2) is 6.96. The zero-order valence-electron chi connectivity index (χ0n) is 15.2. The number of thioether (sulfide) groups is 1. The van der Waals surface area contributed by atoms with Gasteiger partial charge in [-0.05, 0) is 36.8 Å². The van der Waals surface area contributed by atoms with Crippen LogP contribution in [0.25, 0.3) is 28.0 Å². The van der Waals surface area contributed by atoms with Crippen LogP contribution in [0.2, 0.25) is 0 Å². The van der Waals surface area contributed by atoms with E-state index in [0.717, 1.165) is 28.0 Å². The minimum absolute atomic E-state index is 0.585. The zero-order chi connectivity index (χ0) is 18.1. The first-order chi connectivity index (χ1) is 12.6. The predicted octanol–water partition coefficient (Wildman–Crippen LogP) is 5.87. The third-order valence-corrected chi connectivity index (χ3v) is 5.32. The Balaban J connectivity index is 1.80. The molecule has 0 radical (unpaired) electrons. The lowest BCUT2D eigenvalue weighted by molar-refractivity contribution is 1.11. The molecule has 0 fully saturated rings. The maximum atomic E-state index is 4.64. The van der Waals surface area contributed by atoms with Crippen LogP contribution in [0.15, 0.2) is 72.1 Å². The van der Waals surface area contributed by atoms with Crippen molar-refractivity contribution in [1.82, 2.24) is 14.4 Å². The van der Waals surface area contributed by atoms with Crippen molar-refractivity contribution in [3.63, 3.8) is 0 Å². The van der Waals surface area contributed by atoms with Gasteiger partial charge < -0.3 is 0 Å². The van der Waals surface area contributed by atoms with Gasteiger partial charge in [0.05, 0.1) is 11.9 Å². The number of aryl methyl sites for hydroxylation is 1. The fraction of sp³-hybridized carbons (Fsp3) is 0.182. The predicted molar refractivity (Wildman–Crippen MR) is 110 cm³/mol. The molecular weight excluding hydrogens is 338 g/mol. The number of aromatic nitrogens is 3. The molecule has 4 heteroatoms. The normalized spacial score (nSPS) is 11.4. The molecule has 3 heterocycles. The van der Waals surface area contributed by atoms with Crippen LogP contribution in [-0.2, 0) is 0 Å². The van der Waals surface area contributed by atoms with Gasteiger partial charge in [0, 0.05) is 45.4 Å². The molecule has 0 aliphatic rings. The number of pyridine rings is 2. The van der Waals surface area contributed by atoms with Gasteiger partial charge in [0.25, 0.3) is 0 Å². The Kier molecular flexibility index (Phi) is 4.51. The highest BCUT2D eigenvalue weighted by atomic mass is 32.2. The highest BCUT2D eigenvalue weighted by Gasteiger charge is 2.11. The average Bonchev–Trinajstić information content (AvgIpc) is 3.07. The van der Waals surface area contributed by atoms with E-state index in [4.69, 9.17) is 0 Å². The van der Waals surface area contributed by atoms with Crippen LogP contribution in [0.4, 0.5) is 0 Å². The van der Waals surface area contributed by atoms with Crippen LogP contribution < -0.4 is 0 Å². The molecule has 3 nitrogen and oxygen atoms in total. The number of fused-ring (bicyclic) bond motifs is 1. The number of hydrogen-bond acceptors (Lipinski definition) is 3. The number of imidazole rings is 1. The summed E-state index contributed by atoms with van der Waals surface area (Å²) in [5, 5.41) is 0.585. The lowest BCUT2D eigenvalue weighted by Crippen LogP contribution is -1.93. The summed E-state index contributed by atoms with van der Waals surface area (Å²) in [6, 6.07) is 15.0. The molecule has 0 atom stereocenters. The molecule has 0 spiro atoms. The van der Waals surface area contributed by atoms with Gasteiger partial charge in [-0.1, -0.05) is 32.0 Å². The van der Waals surface area contributed by atoms with Gasteiger partial charge in [-0.25, -0.2) is 4.98 Å². The van der Waals surface area contributed by atoms with Gasteiger partial charge in [-0.3, -0.25) is 9.38 Å². The number of hydrogen-bond donors (Lipinski definition) is 0. The molecule has 0 bridgehead atoms. The van der Waals surface area contributed by atoms with E-state index in [-0.39, 0.29) is 0 Å². The van der Waals surface area contributed by atoms with Crippen molar-refractivity contribution < 1.29 is 0 Å². The van der Waals surface area contributed by atoms with E-state index in [9.17, 15) is 0 Å². The highest BCUT2D eigenvalue weighted by molar-refractivity contribution is 7.99. The fourth-order valence-corrected chi connectivity index (χ4v) is 3.98. The molecule has 0 aliphatic carbocycles. The molecule has 4 aromatic rings. The summed E-state index contributed by atoms with van der Waals surface area (Å²) in [5.41, 5.74) is 6.69. The van der Waals surface area contributed by atoms with E-state index in [2.05, 4.69) is 77.7 Å². The fourth-order valence-electron chi connectivity index (χ4n) is 3.14. The SMILES string of the molecule is Cc1cc(-c2cccnc2)cn2c(-c3ccc(SC(C)C)cc3)cnc12. The summed E-state index contributed by atoms with van der Waals surface area (Å²) >= 11 is 1.88. The summed E-state index contributed by atoms with van der Waals surface area (Å²) in [4.78, 5) is 10.2. The van der Waals surface area contributed by atoms with Gasteiger partial charge in [-0.2, -0.15) is 0 Å². The van der Waals surface area contributed by atoms with E-state index < -0.39 is 0 Å². The Hall–Kier alpha value is -2.59. The summed E-state index contributed by atoms with van der Waals surface area (Å²) < 4.78 is 2.18. The minimum Gasteiger partial charge on any atom is -0.299 e. The van der Waals surface area contributed by atoms with E-state index in [1.807, 2.05) is 30.2 Å². The Bertz CT molecular complexity index is 1030. The van der Waals surface area contributed by atoms with Crippen molar-refractivity contribution in [3.8, 4) is 22.4 Å². The van der Waals surface area contributed by atoms with Gasteiger partial charge in [0.2, 0.25) is 0 Å². The van der Waals surface area contributed by atoms with Crippen molar-refractivity contribution in [2.75, 3.05) is 0 Å². The van der Waals surface area contributed by atoms with Crippen molar-refractivity contribution in [1.29, 1.82) is 0 Å². The van der Waals surface area contributed by atoms with Crippen LogP contribution in [0.5, 0.6) is 0 Å². The monoisotopic (exact) mass is 359 g/mol. The van der Waals surface area contributed by atoms with Gasteiger partial charge >= 0.3 is 0 Å². The molecule has 1 aromatic carbocycles. The Morgan fingerprint density at radius 2 is 1.77 bits per heavy atom. The first kappa shape index (κ1) is 16.9. The first-order valence-corrected chi connectivity index (χ1v) is 9.65. The molecule has 3 aromatic heterocycles. The summed E-state index contributed by atoms with van der Waals surface area (Å²) in [7, 11) is 0. The molecule has 0 amide bonds. The summed E-state index contributed by atoms with van der Waals surface area (Å²) in [6.07, 6.45) is 7.81. The van der Waals surface area contributed by atoms with Gasteiger partial charge in [0.1, 0.15) is 5.65 Å². The van der Waals surface area contributed by atoms with Gasteiger partial charge in [-0.15, -0.1) is 11.8 Å². The van der Waals surface area contributed by atoms with E-state index in [1.165, 1.54) is 10.5 Å². The van der Waals surface area contributed by atoms with Crippen LogP contribution in [0, 0.1) is 6.92 Å². The van der Waals surface area contributed by atoms with Crippen LogP contribution in [-0.4, -0.2) is 19.6 Å². The van der Waals surface area contributed by atoms with E-state index >= 15 is 0 Å². The van der Waals surface area contributed by atoms with Crippen molar-refractivity contribution >= 4 is 17.4 Å². The molecule has 0 saturated carbocycles. The summed E-state index contributed by atoms with van der Waals surface area (Å²) in [6.45, 7) is 6.53. The average molecular weight is 359 g/mol. The standard InChI is InChI=1S/C22H21N3S/c1-15(2)26-20-8-6-17(7-9-20)21-13-24-22-16(3)11-19(14-25(21)22)18-5-4-10-23-12-18/h4-15H,1-3H3. The maximum Gasteiger partial charge on any atom is 0.140 e. The number of benzene rings is 1. The van der Waals surface area contributed by atoms with E-state index in [0.29, 0.717) is 5.25 Å². The zero-order valence-corrected chi connectivity index (χ0v) is 16.0. The van der Waals surface area contributed by atoms with Crippen LogP contribution in [0.1, 0.15) is 19.4 Å². The molecule has 0 saturated heterocycles. The molecule has 0 aliphatic heterocycles. The van der Waals surface area contributed by atoms with Crippen LogP contribution >= 0.6 is 11.8 Å². The second-order valence-electron chi connectivity index (χ2n) is 6.68. The highest BCUT2D eigenvalue weighted by Crippen LogP contribution is 2.29. The molecule has 4 rings (SSSR count). The Morgan fingerprint density at radius 1 is 0.962 bits per heavy atom. The molecular formula is C22H21N3S. The quantitative estimate of drug-likeness (QED) is 0.427.